The molecule has 1 aromatic rings. The zero-order valence-corrected chi connectivity index (χ0v) is 17.2. The first-order valence-electron chi connectivity index (χ1n) is 9.32. The van der Waals surface area contributed by atoms with Crippen molar-refractivity contribution in [3.05, 3.63) is 30.3 Å². The molecule has 1 atom stereocenters. The number of rotatable bonds is 6. The third-order valence-electron chi connectivity index (χ3n) is 4.40. The largest absolute Gasteiger partial charge is 0.354 e. The van der Waals surface area contributed by atoms with Gasteiger partial charge >= 0.3 is 0 Å². The van der Waals surface area contributed by atoms with Crippen molar-refractivity contribution in [3.8, 4) is 0 Å². The van der Waals surface area contributed by atoms with Gasteiger partial charge in [0.1, 0.15) is 0 Å². The van der Waals surface area contributed by atoms with Crippen LogP contribution in [0.4, 0.5) is 0 Å². The Morgan fingerprint density at radius 2 is 1.92 bits per heavy atom. The standard InChI is InChI=1S/C20H32N4OS/c1-20(2,3)18(25)22-11-12-23-19(21-4)24-13-10-16(14-24)15-26-17-8-6-5-7-9-17/h5-9,16H,10-15H2,1-4H3,(H,21,23)(H,22,25). The highest BCUT2D eigenvalue weighted by Gasteiger charge is 2.25. The topological polar surface area (TPSA) is 56.7 Å². The molecule has 144 valence electrons. The summed E-state index contributed by atoms with van der Waals surface area (Å²) >= 11 is 1.93. The van der Waals surface area contributed by atoms with Crippen LogP contribution in [0, 0.1) is 11.3 Å². The molecule has 26 heavy (non-hydrogen) atoms. The second kappa shape index (κ2) is 9.86. The minimum absolute atomic E-state index is 0.0773. The molecule has 0 saturated carbocycles. The van der Waals surface area contributed by atoms with Gasteiger partial charge in [-0.05, 0) is 24.5 Å². The van der Waals surface area contributed by atoms with E-state index in [0.29, 0.717) is 19.0 Å². The smallest absolute Gasteiger partial charge is 0.225 e. The van der Waals surface area contributed by atoms with Crippen molar-refractivity contribution in [1.82, 2.24) is 15.5 Å². The summed E-state index contributed by atoms with van der Waals surface area (Å²) in [5.74, 6) is 2.83. The summed E-state index contributed by atoms with van der Waals surface area (Å²) in [5.41, 5.74) is -0.347. The van der Waals surface area contributed by atoms with E-state index in [1.807, 2.05) is 39.6 Å². The molecule has 1 amide bonds. The number of nitrogens with one attached hydrogen (secondary N) is 2. The molecule has 0 radical (unpaired) electrons. The van der Waals surface area contributed by atoms with E-state index in [9.17, 15) is 4.79 Å². The SMILES string of the molecule is CN=C(NCCNC(=O)C(C)(C)C)N1CCC(CSc2ccccc2)C1. The summed E-state index contributed by atoms with van der Waals surface area (Å²) in [6.45, 7) is 9.14. The summed E-state index contributed by atoms with van der Waals surface area (Å²) in [5, 5.41) is 6.33. The summed E-state index contributed by atoms with van der Waals surface area (Å²) in [6, 6.07) is 10.6. The Morgan fingerprint density at radius 3 is 2.58 bits per heavy atom. The zero-order chi connectivity index (χ0) is 19.0. The maximum absolute atomic E-state index is 11.9. The van der Waals surface area contributed by atoms with E-state index in [4.69, 9.17) is 0 Å². The van der Waals surface area contributed by atoms with E-state index >= 15 is 0 Å². The Bertz CT molecular complexity index is 598. The minimum Gasteiger partial charge on any atom is -0.354 e. The average Bonchev–Trinajstić information content (AvgIpc) is 3.08. The van der Waals surface area contributed by atoms with E-state index in [0.717, 1.165) is 24.8 Å². The van der Waals surface area contributed by atoms with Crippen molar-refractivity contribution in [1.29, 1.82) is 0 Å². The zero-order valence-electron chi connectivity index (χ0n) is 16.4. The van der Waals surface area contributed by atoms with Gasteiger partial charge in [-0.3, -0.25) is 9.79 Å². The number of carbonyl (C=O) groups excluding carboxylic acids is 1. The highest BCUT2D eigenvalue weighted by atomic mass is 32.2. The molecule has 0 aliphatic carbocycles. The summed E-state index contributed by atoms with van der Waals surface area (Å²) < 4.78 is 0. The van der Waals surface area contributed by atoms with E-state index in [1.54, 1.807) is 0 Å². The van der Waals surface area contributed by atoms with Crippen LogP contribution in [-0.4, -0.2) is 55.7 Å². The van der Waals surface area contributed by atoms with Crippen LogP contribution in [-0.2, 0) is 4.79 Å². The predicted molar refractivity (Wildman–Crippen MR) is 111 cm³/mol. The van der Waals surface area contributed by atoms with Crippen molar-refractivity contribution in [2.24, 2.45) is 16.3 Å². The Labute approximate surface area is 162 Å². The highest BCUT2D eigenvalue weighted by Crippen LogP contribution is 2.25. The van der Waals surface area contributed by atoms with E-state index in [2.05, 4.69) is 50.9 Å². The van der Waals surface area contributed by atoms with Gasteiger partial charge in [0.2, 0.25) is 5.91 Å². The van der Waals surface area contributed by atoms with Crippen molar-refractivity contribution in [2.45, 2.75) is 32.1 Å². The Morgan fingerprint density at radius 1 is 1.23 bits per heavy atom. The lowest BCUT2D eigenvalue weighted by molar-refractivity contribution is -0.128. The van der Waals surface area contributed by atoms with Gasteiger partial charge in [-0.2, -0.15) is 0 Å². The minimum atomic E-state index is -0.347. The molecule has 1 unspecified atom stereocenters. The molecule has 5 nitrogen and oxygen atoms in total. The molecule has 1 heterocycles. The monoisotopic (exact) mass is 376 g/mol. The fourth-order valence-corrected chi connectivity index (χ4v) is 3.89. The number of hydrogen-bond acceptors (Lipinski definition) is 3. The van der Waals surface area contributed by atoms with Crippen LogP contribution in [0.25, 0.3) is 0 Å². The number of nitrogens with zero attached hydrogens (tertiary/aromatic N) is 2. The number of hydrogen-bond donors (Lipinski definition) is 2. The van der Waals surface area contributed by atoms with Gasteiger partial charge in [-0.1, -0.05) is 39.0 Å². The first kappa shape index (κ1) is 20.6. The molecule has 0 spiro atoms. The lowest BCUT2D eigenvalue weighted by Crippen LogP contribution is -2.44. The maximum atomic E-state index is 11.9. The molecule has 1 aliphatic heterocycles. The molecule has 1 aromatic carbocycles. The number of aliphatic imine (C=N–C) groups is 1. The van der Waals surface area contributed by atoms with E-state index in [-0.39, 0.29) is 11.3 Å². The van der Waals surface area contributed by atoms with Crippen molar-refractivity contribution >= 4 is 23.6 Å². The van der Waals surface area contributed by atoms with Crippen LogP contribution < -0.4 is 10.6 Å². The molecule has 1 saturated heterocycles. The Hall–Kier alpha value is -1.69. The van der Waals surface area contributed by atoms with Gasteiger partial charge in [-0.15, -0.1) is 11.8 Å². The second-order valence-corrected chi connectivity index (χ2v) is 8.80. The third kappa shape index (κ3) is 6.56. The van der Waals surface area contributed by atoms with Crippen LogP contribution in [0.5, 0.6) is 0 Å². The lowest BCUT2D eigenvalue weighted by Gasteiger charge is -2.22. The molecule has 1 aliphatic rings. The van der Waals surface area contributed by atoms with Crippen molar-refractivity contribution < 1.29 is 4.79 Å². The van der Waals surface area contributed by atoms with Crippen LogP contribution in [0.15, 0.2) is 40.2 Å². The molecule has 1 fully saturated rings. The predicted octanol–water partition coefficient (Wildman–Crippen LogP) is 2.84. The molecule has 6 heteroatoms. The first-order chi connectivity index (χ1) is 12.4. The van der Waals surface area contributed by atoms with E-state index in [1.165, 1.54) is 11.3 Å². The fourth-order valence-electron chi connectivity index (χ4n) is 2.84. The van der Waals surface area contributed by atoms with Crippen LogP contribution >= 0.6 is 11.8 Å². The molecule has 2 N–H and O–H groups in total. The normalized spacial score (nSPS) is 18.1. The number of benzene rings is 1. The van der Waals surface area contributed by atoms with Gasteiger partial charge in [-0.25, -0.2) is 0 Å². The van der Waals surface area contributed by atoms with Gasteiger partial charge in [0.25, 0.3) is 0 Å². The number of thioether (sulfide) groups is 1. The molecular formula is C20H32N4OS. The lowest BCUT2D eigenvalue weighted by atomic mass is 9.96. The van der Waals surface area contributed by atoms with Gasteiger partial charge < -0.3 is 15.5 Å². The number of amides is 1. The van der Waals surface area contributed by atoms with Crippen LogP contribution in [0.3, 0.4) is 0 Å². The molecule has 0 aromatic heterocycles. The second-order valence-electron chi connectivity index (χ2n) is 7.70. The summed E-state index contributed by atoms with van der Waals surface area (Å²) in [6.07, 6.45) is 1.20. The maximum Gasteiger partial charge on any atom is 0.225 e. The van der Waals surface area contributed by atoms with Gasteiger partial charge in [0.15, 0.2) is 5.96 Å². The van der Waals surface area contributed by atoms with Crippen molar-refractivity contribution in [2.75, 3.05) is 39.0 Å². The summed E-state index contributed by atoms with van der Waals surface area (Å²) in [7, 11) is 1.82. The quantitative estimate of drug-likeness (QED) is 0.347. The van der Waals surface area contributed by atoms with Crippen LogP contribution in [0.2, 0.25) is 0 Å². The molecule has 2 rings (SSSR count). The molecule has 0 bridgehead atoms. The summed E-state index contributed by atoms with van der Waals surface area (Å²) in [4.78, 5) is 19.9. The average molecular weight is 377 g/mol. The van der Waals surface area contributed by atoms with E-state index < -0.39 is 0 Å². The van der Waals surface area contributed by atoms with Gasteiger partial charge in [0.05, 0.1) is 0 Å². The highest BCUT2D eigenvalue weighted by molar-refractivity contribution is 7.99. The third-order valence-corrected chi connectivity index (χ3v) is 5.64. The Kier molecular flexibility index (Phi) is 7.82. The fraction of sp³-hybridized carbons (Fsp3) is 0.600. The van der Waals surface area contributed by atoms with Gasteiger partial charge in [0, 0.05) is 49.3 Å². The first-order valence-corrected chi connectivity index (χ1v) is 10.3. The van der Waals surface area contributed by atoms with Crippen molar-refractivity contribution in [3.63, 3.8) is 0 Å². The Balaban J connectivity index is 1.69. The molecular weight excluding hydrogens is 344 g/mol. The number of likely N-dealkylation sites (tertiary alicyclic amines) is 1. The van der Waals surface area contributed by atoms with Crippen LogP contribution in [0.1, 0.15) is 27.2 Å². The number of guanidine groups is 1. The number of carbonyl (C=O) groups is 1.